The highest BCUT2D eigenvalue weighted by Crippen LogP contribution is 2.21. The van der Waals surface area contributed by atoms with Crippen LogP contribution in [-0.2, 0) is 0 Å². The van der Waals surface area contributed by atoms with Crippen LogP contribution < -0.4 is 0 Å². The predicted molar refractivity (Wildman–Crippen MR) is 89.0 cm³/mol. The normalized spacial score (nSPS) is 12.2. The van der Waals surface area contributed by atoms with Crippen LogP contribution in [0.25, 0.3) is 0 Å². The topological polar surface area (TPSA) is 0 Å². The van der Waals surface area contributed by atoms with E-state index in [-0.39, 0.29) is 0 Å². The number of hydrogen-bond acceptors (Lipinski definition) is 0. The molecule has 0 aromatic carbocycles. The summed E-state index contributed by atoms with van der Waals surface area (Å²) in [6.45, 7) is 22.4. The molecule has 0 aliphatic heterocycles. The van der Waals surface area contributed by atoms with Gasteiger partial charge < -0.3 is 0 Å². The van der Waals surface area contributed by atoms with Crippen molar-refractivity contribution < 1.29 is 0 Å². The zero-order valence-corrected chi connectivity index (χ0v) is 15.1. The Bertz CT molecular complexity index is 42.0. The third-order valence-corrected chi connectivity index (χ3v) is 1.89. The minimum absolute atomic E-state index is 1.04. The lowest BCUT2D eigenvalue weighted by Gasteiger charge is -2.15. The molecule has 1 rings (SSSR count). The minimum Gasteiger partial charge on any atom is -0.0683 e. The van der Waals surface area contributed by atoms with Crippen molar-refractivity contribution in [3.63, 3.8) is 0 Å². The first-order chi connectivity index (χ1) is 8.39. The van der Waals surface area contributed by atoms with Gasteiger partial charge in [0.2, 0.25) is 0 Å². The fraction of sp³-hybridized carbons (Fsp3) is 1.00. The van der Waals surface area contributed by atoms with Crippen molar-refractivity contribution in [3.8, 4) is 0 Å². The summed E-state index contributed by atoms with van der Waals surface area (Å²) < 4.78 is 0. The quantitative estimate of drug-likeness (QED) is 0.411. The average Bonchev–Trinajstić information content (AvgIpc) is 2.50. The summed E-state index contributed by atoms with van der Waals surface area (Å²) in [6.07, 6.45) is 7.44. The summed E-state index contributed by atoms with van der Waals surface area (Å²) in [5, 5.41) is 0. The van der Waals surface area contributed by atoms with Crippen molar-refractivity contribution in [3.05, 3.63) is 0 Å². The molecule has 0 aromatic heterocycles. The van der Waals surface area contributed by atoms with E-state index in [1.807, 2.05) is 69.2 Å². The molecule has 0 nitrogen and oxygen atoms in total. The van der Waals surface area contributed by atoms with Crippen LogP contribution in [0, 0.1) is 5.92 Å². The molecule has 0 unspecified atom stereocenters. The van der Waals surface area contributed by atoms with E-state index >= 15 is 0 Å². The lowest BCUT2D eigenvalue weighted by Crippen LogP contribution is -1.99. The molecule has 0 N–H and O–H groups in total. The van der Waals surface area contributed by atoms with Gasteiger partial charge in [0.25, 0.3) is 0 Å². The summed E-state index contributed by atoms with van der Waals surface area (Å²) in [5.41, 5.74) is 0. The summed E-state index contributed by atoms with van der Waals surface area (Å²) in [5.74, 6) is 1.04. The van der Waals surface area contributed by atoms with Gasteiger partial charge in [0.1, 0.15) is 0 Å². The molecule has 0 spiro atoms. The zero-order valence-electron chi connectivity index (χ0n) is 15.1. The van der Waals surface area contributed by atoms with Crippen LogP contribution in [0.1, 0.15) is 108 Å². The van der Waals surface area contributed by atoms with Gasteiger partial charge in [0, 0.05) is 0 Å². The van der Waals surface area contributed by atoms with Gasteiger partial charge in [0.15, 0.2) is 0 Å². The highest BCUT2D eigenvalue weighted by Gasteiger charge is 2.05. The maximum absolute atomic E-state index is 2.36. The van der Waals surface area contributed by atoms with Crippen molar-refractivity contribution >= 4 is 0 Å². The highest BCUT2D eigenvalue weighted by atomic mass is 14.1. The summed E-state index contributed by atoms with van der Waals surface area (Å²) in [7, 11) is 0. The Morgan fingerprint density at radius 2 is 0.706 bits per heavy atom. The van der Waals surface area contributed by atoms with E-state index in [9.17, 15) is 0 Å². The standard InChI is InChI=1S/C7H14.5C2H6/c1-7-5-3-2-4-6-7;5*1-2/h7H,2-6H2,1H3;5*1-2H3. The van der Waals surface area contributed by atoms with Crippen LogP contribution in [0.5, 0.6) is 0 Å². The Morgan fingerprint density at radius 3 is 0.824 bits per heavy atom. The van der Waals surface area contributed by atoms with Gasteiger partial charge in [0.05, 0.1) is 0 Å². The molecule has 112 valence electrons. The Hall–Kier alpha value is 0. The lowest BCUT2D eigenvalue weighted by molar-refractivity contribution is 0.385. The third-order valence-electron chi connectivity index (χ3n) is 1.89. The molecule has 1 saturated carbocycles. The largest absolute Gasteiger partial charge is 0.0683 e. The van der Waals surface area contributed by atoms with Crippen LogP contribution in [0.4, 0.5) is 0 Å². The summed E-state index contributed by atoms with van der Waals surface area (Å²) >= 11 is 0. The maximum atomic E-state index is 2.36. The Labute approximate surface area is 115 Å². The van der Waals surface area contributed by atoms with Crippen LogP contribution >= 0.6 is 0 Å². The summed E-state index contributed by atoms with van der Waals surface area (Å²) in [4.78, 5) is 0. The molecule has 0 aromatic rings. The molecular formula is C17H44. The van der Waals surface area contributed by atoms with E-state index in [0.29, 0.717) is 0 Å². The molecule has 1 fully saturated rings. The smallest absolute Gasteiger partial charge is 0.0443 e. The van der Waals surface area contributed by atoms with Crippen molar-refractivity contribution in [2.24, 2.45) is 5.92 Å². The van der Waals surface area contributed by atoms with E-state index < -0.39 is 0 Å². The maximum Gasteiger partial charge on any atom is -0.0443 e. The molecule has 1 aliphatic carbocycles. The van der Waals surface area contributed by atoms with Crippen molar-refractivity contribution in [1.82, 2.24) is 0 Å². The van der Waals surface area contributed by atoms with Gasteiger partial charge in [-0.3, -0.25) is 0 Å². The number of rotatable bonds is 0. The van der Waals surface area contributed by atoms with Crippen LogP contribution in [0.2, 0.25) is 0 Å². The van der Waals surface area contributed by atoms with Crippen molar-refractivity contribution in [1.29, 1.82) is 0 Å². The van der Waals surface area contributed by atoms with Gasteiger partial charge in [-0.05, 0) is 5.92 Å². The first kappa shape index (κ1) is 30.2. The van der Waals surface area contributed by atoms with Gasteiger partial charge in [-0.15, -0.1) is 0 Å². The molecule has 0 amide bonds. The van der Waals surface area contributed by atoms with E-state index in [1.54, 1.807) is 0 Å². The second kappa shape index (κ2) is 56.2. The molecule has 0 radical (unpaired) electrons. The molecular weight excluding hydrogens is 204 g/mol. The molecule has 0 atom stereocenters. The van der Waals surface area contributed by atoms with Gasteiger partial charge in [-0.1, -0.05) is 108 Å². The van der Waals surface area contributed by atoms with Crippen LogP contribution in [-0.4, -0.2) is 0 Å². The first-order valence-electron chi connectivity index (χ1n) is 8.39. The van der Waals surface area contributed by atoms with Crippen LogP contribution in [0.3, 0.4) is 0 Å². The highest BCUT2D eigenvalue weighted by molar-refractivity contribution is 4.59. The SMILES string of the molecule is CC.CC.CC.CC.CC.CC1CCCCC1. The molecule has 0 saturated heterocycles. The zero-order chi connectivity index (χ0) is 15.1. The third kappa shape index (κ3) is 49.0. The van der Waals surface area contributed by atoms with Gasteiger partial charge in [-0.25, -0.2) is 0 Å². The van der Waals surface area contributed by atoms with E-state index in [1.165, 1.54) is 32.1 Å². The Kier molecular flexibility index (Phi) is 100. The van der Waals surface area contributed by atoms with Crippen molar-refractivity contribution in [2.45, 2.75) is 108 Å². The molecule has 0 bridgehead atoms. The second-order valence-electron chi connectivity index (χ2n) is 2.74. The van der Waals surface area contributed by atoms with Gasteiger partial charge in [-0.2, -0.15) is 0 Å². The lowest BCUT2D eigenvalue weighted by atomic mass is 9.91. The van der Waals surface area contributed by atoms with Crippen molar-refractivity contribution in [2.75, 3.05) is 0 Å². The minimum atomic E-state index is 1.04. The summed E-state index contributed by atoms with van der Waals surface area (Å²) in [6, 6.07) is 0. The molecule has 0 heteroatoms. The Morgan fingerprint density at radius 1 is 0.471 bits per heavy atom. The fourth-order valence-corrected chi connectivity index (χ4v) is 1.31. The Balaban J connectivity index is -0.0000000413. The molecule has 0 heterocycles. The number of hydrogen-bond donors (Lipinski definition) is 0. The van der Waals surface area contributed by atoms with E-state index in [2.05, 4.69) is 6.92 Å². The second-order valence-corrected chi connectivity index (χ2v) is 2.74. The van der Waals surface area contributed by atoms with E-state index in [0.717, 1.165) is 5.92 Å². The predicted octanol–water partition coefficient (Wildman–Crippen LogP) is 7.72. The first-order valence-corrected chi connectivity index (χ1v) is 8.39. The monoisotopic (exact) mass is 248 g/mol. The van der Waals surface area contributed by atoms with E-state index in [4.69, 9.17) is 0 Å². The van der Waals surface area contributed by atoms with Gasteiger partial charge >= 0.3 is 0 Å². The average molecular weight is 249 g/mol. The molecule has 1 aliphatic rings. The fourth-order valence-electron chi connectivity index (χ4n) is 1.31. The molecule has 17 heavy (non-hydrogen) atoms. The van der Waals surface area contributed by atoms with Crippen LogP contribution in [0.15, 0.2) is 0 Å².